The van der Waals surface area contributed by atoms with E-state index in [4.69, 9.17) is 10.5 Å². The fraction of sp³-hybridized carbons (Fsp3) is 0.400. The van der Waals surface area contributed by atoms with Crippen molar-refractivity contribution in [2.24, 2.45) is 10.8 Å². The van der Waals surface area contributed by atoms with Gasteiger partial charge in [-0.25, -0.2) is 9.99 Å². The van der Waals surface area contributed by atoms with Gasteiger partial charge in [0, 0.05) is 25.5 Å². The van der Waals surface area contributed by atoms with Gasteiger partial charge in [0.1, 0.15) is 5.69 Å². The van der Waals surface area contributed by atoms with Crippen LogP contribution >= 0.6 is 0 Å². The molecule has 0 radical (unpaired) electrons. The van der Waals surface area contributed by atoms with Gasteiger partial charge in [0.2, 0.25) is 0 Å². The number of aromatic nitrogens is 2. The third-order valence-electron chi connectivity index (χ3n) is 2.29. The largest absolute Gasteiger partial charge is 0.465 e. The molecule has 1 aliphatic heterocycles. The van der Waals surface area contributed by atoms with Crippen molar-refractivity contribution >= 4 is 11.8 Å². The van der Waals surface area contributed by atoms with Crippen molar-refractivity contribution in [3.63, 3.8) is 0 Å². The van der Waals surface area contributed by atoms with Crippen LogP contribution < -0.4 is 5.73 Å². The van der Waals surface area contributed by atoms with Gasteiger partial charge in [-0.15, -0.1) is 5.10 Å². The zero-order chi connectivity index (χ0) is 12.4. The van der Waals surface area contributed by atoms with Crippen molar-refractivity contribution in [1.82, 2.24) is 15.0 Å². The zero-order valence-electron chi connectivity index (χ0n) is 9.62. The number of likely N-dealkylation sites (N-methyl/N-ethyl adjacent to an activating group) is 1. The molecule has 17 heavy (non-hydrogen) atoms. The number of amides is 1. The first kappa shape index (κ1) is 11.5. The average molecular weight is 235 g/mol. The lowest BCUT2D eigenvalue weighted by atomic mass is 10.2. The van der Waals surface area contributed by atoms with Gasteiger partial charge in [0.25, 0.3) is 11.8 Å². The Morgan fingerprint density at radius 2 is 2.18 bits per heavy atom. The molecule has 0 saturated carbocycles. The van der Waals surface area contributed by atoms with Crippen molar-refractivity contribution in [2.45, 2.75) is 13.0 Å². The molecule has 90 valence electrons. The Morgan fingerprint density at radius 3 is 2.82 bits per heavy atom. The maximum Gasteiger partial charge on any atom is 0.280 e. The Hall–Kier alpha value is -2.02. The fourth-order valence-corrected chi connectivity index (χ4v) is 1.41. The molecular weight excluding hydrogens is 222 g/mol. The fourth-order valence-electron chi connectivity index (χ4n) is 1.41. The van der Waals surface area contributed by atoms with E-state index in [0.29, 0.717) is 11.4 Å². The number of hydrogen-bond donors (Lipinski definition) is 1. The number of ether oxygens (including phenoxy) is 1. The van der Waals surface area contributed by atoms with E-state index in [1.54, 1.807) is 20.2 Å². The number of carbonyl (C=O) groups is 1. The van der Waals surface area contributed by atoms with Crippen molar-refractivity contribution in [3.05, 3.63) is 23.8 Å². The van der Waals surface area contributed by atoms with Crippen LogP contribution in [0.4, 0.5) is 0 Å². The van der Waals surface area contributed by atoms with E-state index < -0.39 is 0 Å². The summed E-state index contributed by atoms with van der Waals surface area (Å²) in [6.45, 7) is 1.75. The van der Waals surface area contributed by atoms with Crippen LogP contribution in [-0.2, 0) is 9.53 Å². The Bertz CT molecular complexity index is 472. The monoisotopic (exact) mass is 235 g/mol. The maximum absolute atomic E-state index is 11.2. The third kappa shape index (κ3) is 2.23. The van der Waals surface area contributed by atoms with Crippen LogP contribution in [0.15, 0.2) is 17.5 Å². The Balaban J connectivity index is 2.41. The van der Waals surface area contributed by atoms with Crippen LogP contribution in [0.1, 0.15) is 24.4 Å². The molecule has 1 amide bonds. The molecule has 0 unspecified atom stereocenters. The highest BCUT2D eigenvalue weighted by Crippen LogP contribution is 2.14. The second-order valence-electron chi connectivity index (χ2n) is 3.69. The second kappa shape index (κ2) is 4.46. The average Bonchev–Trinajstić information content (AvgIpc) is 2.32. The first-order chi connectivity index (χ1) is 8.09. The Kier molecular flexibility index (Phi) is 3.01. The maximum atomic E-state index is 11.2. The highest BCUT2D eigenvalue weighted by molar-refractivity contribution is 5.97. The summed E-state index contributed by atoms with van der Waals surface area (Å²) in [6.07, 6.45) is 3.09. The summed E-state index contributed by atoms with van der Waals surface area (Å²) in [4.78, 5) is 19.5. The van der Waals surface area contributed by atoms with Crippen LogP contribution in [0, 0.1) is 0 Å². The number of nitrogens with two attached hydrogens (primary N) is 1. The molecule has 0 saturated heterocycles. The van der Waals surface area contributed by atoms with E-state index in [-0.39, 0.29) is 24.5 Å². The first-order valence-electron chi connectivity index (χ1n) is 5.14. The normalized spacial score (nSPS) is 17.5. The Morgan fingerprint density at radius 1 is 1.47 bits per heavy atom. The molecule has 0 aromatic carbocycles. The summed E-state index contributed by atoms with van der Waals surface area (Å²) in [5, 5.41) is 5.22. The van der Waals surface area contributed by atoms with E-state index in [2.05, 4.69) is 15.1 Å². The van der Waals surface area contributed by atoms with Gasteiger partial charge in [0.05, 0.1) is 5.69 Å². The van der Waals surface area contributed by atoms with E-state index >= 15 is 0 Å². The molecule has 1 atom stereocenters. The minimum Gasteiger partial charge on any atom is -0.465 e. The number of carbonyl (C=O) groups excluding carboxylic acids is 1. The van der Waals surface area contributed by atoms with Crippen molar-refractivity contribution in [3.8, 4) is 0 Å². The number of hydrogen-bond acceptors (Lipinski definition) is 6. The number of rotatable bonds is 2. The molecular formula is C10H13N5O2. The topological polar surface area (TPSA) is 93.7 Å². The lowest BCUT2D eigenvalue weighted by Gasteiger charge is -2.21. The smallest absolute Gasteiger partial charge is 0.280 e. The first-order valence-corrected chi connectivity index (χ1v) is 5.14. The van der Waals surface area contributed by atoms with Crippen LogP contribution in [0.25, 0.3) is 0 Å². The van der Waals surface area contributed by atoms with Crippen molar-refractivity contribution < 1.29 is 9.53 Å². The highest BCUT2D eigenvalue weighted by Gasteiger charge is 2.23. The molecule has 1 aromatic heterocycles. The molecule has 2 N–H and O–H groups in total. The molecule has 1 aromatic rings. The van der Waals surface area contributed by atoms with Crippen LogP contribution in [0.3, 0.4) is 0 Å². The highest BCUT2D eigenvalue weighted by atomic mass is 16.5. The summed E-state index contributed by atoms with van der Waals surface area (Å²) in [5.41, 5.74) is 6.86. The number of hydrazone groups is 1. The van der Waals surface area contributed by atoms with Gasteiger partial charge in [-0.05, 0) is 6.92 Å². The minimum atomic E-state index is -0.284. The minimum absolute atomic E-state index is 0.0513. The van der Waals surface area contributed by atoms with Crippen molar-refractivity contribution in [1.29, 1.82) is 0 Å². The SMILES string of the molecule is C[C@@H](N)c1nccnc1C1=NN(C)C(=O)CO1. The third-order valence-corrected chi connectivity index (χ3v) is 2.29. The molecule has 0 aliphatic carbocycles. The van der Waals surface area contributed by atoms with Gasteiger partial charge in [0.15, 0.2) is 6.61 Å². The lowest BCUT2D eigenvalue weighted by molar-refractivity contribution is -0.134. The lowest BCUT2D eigenvalue weighted by Crippen LogP contribution is -2.35. The molecule has 1 aliphatic rings. The Labute approximate surface area is 98.3 Å². The van der Waals surface area contributed by atoms with Crippen LogP contribution in [0.5, 0.6) is 0 Å². The summed E-state index contributed by atoms with van der Waals surface area (Å²) >= 11 is 0. The van der Waals surface area contributed by atoms with E-state index in [9.17, 15) is 4.79 Å². The standard InChI is InChI=1S/C10H13N5O2/c1-6(11)8-9(13-4-3-12-8)10-14-15(2)7(16)5-17-10/h3-4,6H,5,11H2,1-2H3/t6-/m1/s1. The summed E-state index contributed by atoms with van der Waals surface area (Å²) in [5.74, 6) is 0.0625. The molecule has 7 nitrogen and oxygen atoms in total. The molecule has 0 fully saturated rings. The predicted molar refractivity (Wildman–Crippen MR) is 59.9 cm³/mol. The molecule has 0 bridgehead atoms. The van der Waals surface area contributed by atoms with Gasteiger partial charge < -0.3 is 10.5 Å². The van der Waals surface area contributed by atoms with Gasteiger partial charge in [-0.2, -0.15) is 0 Å². The van der Waals surface area contributed by atoms with Crippen LogP contribution in [-0.4, -0.2) is 40.4 Å². The van der Waals surface area contributed by atoms with E-state index in [0.717, 1.165) is 0 Å². The number of nitrogens with zero attached hydrogens (tertiary/aromatic N) is 4. The zero-order valence-corrected chi connectivity index (χ0v) is 9.62. The second-order valence-corrected chi connectivity index (χ2v) is 3.69. The van der Waals surface area contributed by atoms with E-state index in [1.807, 2.05) is 0 Å². The van der Waals surface area contributed by atoms with Crippen LogP contribution in [0.2, 0.25) is 0 Å². The van der Waals surface area contributed by atoms with Gasteiger partial charge in [-0.3, -0.25) is 9.78 Å². The molecule has 2 heterocycles. The van der Waals surface area contributed by atoms with Gasteiger partial charge in [-0.1, -0.05) is 0 Å². The molecule has 0 spiro atoms. The summed E-state index contributed by atoms with van der Waals surface area (Å²) in [6, 6.07) is -0.284. The summed E-state index contributed by atoms with van der Waals surface area (Å²) < 4.78 is 5.24. The van der Waals surface area contributed by atoms with Gasteiger partial charge >= 0.3 is 0 Å². The summed E-state index contributed by atoms with van der Waals surface area (Å²) in [7, 11) is 1.56. The van der Waals surface area contributed by atoms with E-state index in [1.165, 1.54) is 11.2 Å². The van der Waals surface area contributed by atoms with Crippen molar-refractivity contribution in [2.75, 3.05) is 13.7 Å². The quantitative estimate of drug-likeness (QED) is 0.756. The molecule has 2 rings (SSSR count). The molecule has 7 heteroatoms. The predicted octanol–water partition coefficient (Wildman–Crippen LogP) is -0.353.